The van der Waals surface area contributed by atoms with Crippen molar-refractivity contribution < 1.29 is 9.47 Å². The lowest BCUT2D eigenvalue weighted by Crippen LogP contribution is -2.19. The van der Waals surface area contributed by atoms with Gasteiger partial charge in [-0.05, 0) is 48.6 Å². The average Bonchev–Trinajstić information content (AvgIpc) is 3.03. The highest BCUT2D eigenvalue weighted by molar-refractivity contribution is 5.40. The van der Waals surface area contributed by atoms with E-state index in [1.807, 2.05) is 6.07 Å². The summed E-state index contributed by atoms with van der Waals surface area (Å²) in [5.41, 5.74) is 2.64. The molecule has 22 heavy (non-hydrogen) atoms. The summed E-state index contributed by atoms with van der Waals surface area (Å²) in [5.74, 6) is 2.29. The first kappa shape index (κ1) is 14.9. The zero-order chi connectivity index (χ0) is 15.4. The van der Waals surface area contributed by atoms with Gasteiger partial charge < -0.3 is 14.8 Å². The second-order valence-corrected chi connectivity index (χ2v) is 5.82. The Labute approximate surface area is 132 Å². The normalized spacial score (nSPS) is 20.8. The molecule has 1 N–H and O–H groups in total. The molecule has 1 aliphatic rings. The quantitative estimate of drug-likeness (QED) is 0.914. The van der Waals surface area contributed by atoms with Crippen molar-refractivity contribution in [2.24, 2.45) is 5.92 Å². The minimum atomic E-state index is 0.351. The Morgan fingerprint density at radius 2 is 1.68 bits per heavy atom. The van der Waals surface area contributed by atoms with Crippen LogP contribution in [-0.4, -0.2) is 20.8 Å². The zero-order valence-electron chi connectivity index (χ0n) is 13.2. The maximum absolute atomic E-state index is 5.40. The van der Waals surface area contributed by atoms with Crippen LogP contribution in [0.5, 0.6) is 11.5 Å². The molecule has 0 aromatic heterocycles. The summed E-state index contributed by atoms with van der Waals surface area (Å²) < 4.78 is 10.8. The molecule has 1 saturated heterocycles. The van der Waals surface area contributed by atoms with Gasteiger partial charge >= 0.3 is 0 Å². The van der Waals surface area contributed by atoms with E-state index in [1.54, 1.807) is 14.2 Å². The molecular formula is C19H23NO2. The molecule has 3 rings (SSSR count). The third kappa shape index (κ3) is 3.25. The molecule has 3 heteroatoms. The first-order valence-electron chi connectivity index (χ1n) is 7.80. The van der Waals surface area contributed by atoms with Crippen LogP contribution in [0, 0.1) is 5.92 Å². The Hall–Kier alpha value is -2.00. The molecule has 0 aliphatic carbocycles. The van der Waals surface area contributed by atoms with Gasteiger partial charge in [-0.1, -0.05) is 30.3 Å². The summed E-state index contributed by atoms with van der Waals surface area (Å²) in [5, 5.41) is 3.63. The van der Waals surface area contributed by atoms with Crippen LogP contribution in [0.4, 0.5) is 0 Å². The van der Waals surface area contributed by atoms with Crippen LogP contribution in [-0.2, 0) is 6.42 Å². The molecule has 0 radical (unpaired) electrons. The second-order valence-electron chi connectivity index (χ2n) is 5.82. The van der Waals surface area contributed by atoms with Crippen molar-refractivity contribution in [2.75, 3.05) is 20.8 Å². The van der Waals surface area contributed by atoms with E-state index in [0.717, 1.165) is 24.5 Å². The zero-order valence-corrected chi connectivity index (χ0v) is 13.2. The fourth-order valence-electron chi connectivity index (χ4n) is 3.29. The van der Waals surface area contributed by atoms with E-state index in [-0.39, 0.29) is 0 Å². The van der Waals surface area contributed by atoms with E-state index in [9.17, 15) is 0 Å². The van der Waals surface area contributed by atoms with Gasteiger partial charge in [0, 0.05) is 12.1 Å². The number of rotatable bonds is 5. The molecule has 0 spiro atoms. The summed E-state index contributed by atoms with van der Waals surface area (Å²) in [4.78, 5) is 0. The molecule has 1 heterocycles. The Bertz CT molecular complexity index is 590. The minimum absolute atomic E-state index is 0.351. The summed E-state index contributed by atoms with van der Waals surface area (Å²) in [7, 11) is 3.39. The molecule has 2 aromatic rings. The van der Waals surface area contributed by atoms with E-state index >= 15 is 0 Å². The van der Waals surface area contributed by atoms with Crippen LogP contribution in [0.25, 0.3) is 0 Å². The molecule has 1 fully saturated rings. The first-order chi connectivity index (χ1) is 10.8. The first-order valence-corrected chi connectivity index (χ1v) is 7.80. The SMILES string of the molecule is COc1cc(OC)cc(C2NCCC2Cc2ccccc2)c1. The molecule has 2 atom stereocenters. The summed E-state index contributed by atoms with van der Waals surface area (Å²) in [6.07, 6.45) is 2.29. The fraction of sp³-hybridized carbons (Fsp3) is 0.368. The van der Waals surface area contributed by atoms with Gasteiger partial charge in [0.15, 0.2) is 0 Å². The number of hydrogen-bond donors (Lipinski definition) is 1. The van der Waals surface area contributed by atoms with Crippen molar-refractivity contribution in [1.82, 2.24) is 5.32 Å². The summed E-state index contributed by atoms with van der Waals surface area (Å²) in [6, 6.07) is 17.2. The van der Waals surface area contributed by atoms with Crippen molar-refractivity contribution in [2.45, 2.75) is 18.9 Å². The van der Waals surface area contributed by atoms with E-state index < -0.39 is 0 Å². The van der Waals surface area contributed by atoms with Gasteiger partial charge in [-0.2, -0.15) is 0 Å². The van der Waals surface area contributed by atoms with Gasteiger partial charge in [-0.15, -0.1) is 0 Å². The van der Waals surface area contributed by atoms with Crippen molar-refractivity contribution in [3.8, 4) is 11.5 Å². The van der Waals surface area contributed by atoms with Crippen LogP contribution >= 0.6 is 0 Å². The van der Waals surface area contributed by atoms with E-state index in [4.69, 9.17) is 9.47 Å². The third-order valence-corrected chi connectivity index (χ3v) is 4.42. The molecule has 116 valence electrons. The number of hydrogen-bond acceptors (Lipinski definition) is 3. The highest BCUT2D eigenvalue weighted by Crippen LogP contribution is 2.35. The van der Waals surface area contributed by atoms with E-state index in [2.05, 4.69) is 47.8 Å². The number of nitrogens with one attached hydrogen (secondary N) is 1. The third-order valence-electron chi connectivity index (χ3n) is 4.42. The second kappa shape index (κ2) is 6.84. The standard InChI is InChI=1S/C19H23NO2/c1-21-17-11-16(12-18(13-17)22-2)19-15(8-9-20-19)10-14-6-4-3-5-7-14/h3-7,11-13,15,19-20H,8-10H2,1-2H3. The fourth-order valence-corrected chi connectivity index (χ4v) is 3.29. The maximum atomic E-state index is 5.40. The number of methoxy groups -OCH3 is 2. The van der Waals surface area contributed by atoms with Crippen LogP contribution in [0.1, 0.15) is 23.6 Å². The highest BCUT2D eigenvalue weighted by atomic mass is 16.5. The lowest BCUT2D eigenvalue weighted by atomic mass is 9.88. The number of benzene rings is 2. The van der Waals surface area contributed by atoms with Crippen molar-refractivity contribution in [3.05, 3.63) is 59.7 Å². The van der Waals surface area contributed by atoms with E-state index in [0.29, 0.717) is 12.0 Å². The van der Waals surface area contributed by atoms with Gasteiger partial charge in [0.05, 0.1) is 14.2 Å². The lowest BCUT2D eigenvalue weighted by molar-refractivity contribution is 0.389. The van der Waals surface area contributed by atoms with E-state index in [1.165, 1.54) is 17.5 Å². The van der Waals surface area contributed by atoms with Crippen molar-refractivity contribution in [1.29, 1.82) is 0 Å². The van der Waals surface area contributed by atoms with Gasteiger partial charge in [0.25, 0.3) is 0 Å². The van der Waals surface area contributed by atoms with Crippen LogP contribution < -0.4 is 14.8 Å². The summed E-state index contributed by atoms with van der Waals surface area (Å²) in [6.45, 7) is 1.06. The van der Waals surface area contributed by atoms with Crippen molar-refractivity contribution >= 4 is 0 Å². The predicted octanol–water partition coefficient (Wildman–Crippen LogP) is 3.60. The Morgan fingerprint density at radius 3 is 2.32 bits per heavy atom. The maximum Gasteiger partial charge on any atom is 0.122 e. The molecule has 2 unspecified atom stereocenters. The molecule has 0 amide bonds. The highest BCUT2D eigenvalue weighted by Gasteiger charge is 2.28. The molecular weight excluding hydrogens is 274 g/mol. The topological polar surface area (TPSA) is 30.5 Å². The molecule has 3 nitrogen and oxygen atoms in total. The molecule has 0 bridgehead atoms. The molecule has 1 aliphatic heterocycles. The monoisotopic (exact) mass is 297 g/mol. The Kier molecular flexibility index (Phi) is 4.64. The summed E-state index contributed by atoms with van der Waals surface area (Å²) >= 11 is 0. The smallest absolute Gasteiger partial charge is 0.122 e. The Balaban J connectivity index is 1.83. The predicted molar refractivity (Wildman–Crippen MR) is 88.5 cm³/mol. The van der Waals surface area contributed by atoms with Gasteiger partial charge in [-0.25, -0.2) is 0 Å². The van der Waals surface area contributed by atoms with Gasteiger partial charge in [0.1, 0.15) is 11.5 Å². The van der Waals surface area contributed by atoms with Crippen LogP contribution in [0.3, 0.4) is 0 Å². The Morgan fingerprint density at radius 1 is 1.00 bits per heavy atom. The largest absolute Gasteiger partial charge is 0.497 e. The number of ether oxygens (including phenoxy) is 2. The van der Waals surface area contributed by atoms with Crippen molar-refractivity contribution in [3.63, 3.8) is 0 Å². The van der Waals surface area contributed by atoms with Gasteiger partial charge in [0.2, 0.25) is 0 Å². The molecule has 0 saturated carbocycles. The minimum Gasteiger partial charge on any atom is -0.497 e. The lowest BCUT2D eigenvalue weighted by Gasteiger charge is -2.21. The average molecular weight is 297 g/mol. The van der Waals surface area contributed by atoms with Crippen LogP contribution in [0.15, 0.2) is 48.5 Å². The van der Waals surface area contributed by atoms with Gasteiger partial charge in [-0.3, -0.25) is 0 Å². The van der Waals surface area contributed by atoms with Crippen LogP contribution in [0.2, 0.25) is 0 Å². The molecule has 2 aromatic carbocycles.